The molecule has 2 nitrogen and oxygen atoms in total. The minimum absolute atomic E-state index is 0.757. The molecule has 1 aromatic carbocycles. The van der Waals surface area contributed by atoms with E-state index in [1.165, 1.54) is 44.2 Å². The van der Waals surface area contributed by atoms with E-state index in [0.717, 1.165) is 28.7 Å². The topological polar surface area (TPSA) is 12.5 Å². The van der Waals surface area contributed by atoms with Crippen molar-refractivity contribution in [1.82, 2.24) is 4.90 Å². The van der Waals surface area contributed by atoms with Crippen molar-refractivity contribution in [2.75, 3.05) is 13.7 Å². The number of ether oxygens (including phenoxy) is 1. The molecule has 0 aliphatic heterocycles. The summed E-state index contributed by atoms with van der Waals surface area (Å²) in [6.45, 7) is 6.82. The molecule has 0 spiro atoms. The second kappa shape index (κ2) is 8.19. The average molecular weight is 354 g/mol. The van der Waals surface area contributed by atoms with Crippen LogP contribution in [0.4, 0.5) is 0 Å². The first kappa shape index (κ1) is 16.8. The van der Waals surface area contributed by atoms with Gasteiger partial charge < -0.3 is 4.74 Å². The molecule has 1 fully saturated rings. The highest BCUT2D eigenvalue weighted by atomic mass is 79.9. The number of hydrogen-bond donors (Lipinski definition) is 0. The summed E-state index contributed by atoms with van der Waals surface area (Å²) in [5.41, 5.74) is 1.29. The molecule has 118 valence electrons. The molecule has 0 unspecified atom stereocenters. The van der Waals surface area contributed by atoms with Gasteiger partial charge in [0.1, 0.15) is 5.75 Å². The first-order valence-corrected chi connectivity index (χ1v) is 8.96. The maximum atomic E-state index is 5.54. The van der Waals surface area contributed by atoms with Crippen LogP contribution in [0.15, 0.2) is 22.7 Å². The van der Waals surface area contributed by atoms with Crippen molar-refractivity contribution in [3.8, 4) is 5.75 Å². The summed E-state index contributed by atoms with van der Waals surface area (Å²) in [7, 11) is 1.76. The first-order chi connectivity index (χ1) is 10.1. The van der Waals surface area contributed by atoms with Crippen LogP contribution in [0.2, 0.25) is 0 Å². The Labute approximate surface area is 138 Å². The Morgan fingerprint density at radius 2 is 2.00 bits per heavy atom. The van der Waals surface area contributed by atoms with E-state index in [2.05, 4.69) is 52.9 Å². The maximum absolute atomic E-state index is 5.54. The van der Waals surface area contributed by atoms with E-state index in [4.69, 9.17) is 4.74 Å². The molecule has 1 aliphatic rings. The van der Waals surface area contributed by atoms with E-state index >= 15 is 0 Å². The molecular weight excluding hydrogens is 326 g/mol. The zero-order chi connectivity index (χ0) is 15.2. The minimum atomic E-state index is 0.757. The van der Waals surface area contributed by atoms with E-state index in [9.17, 15) is 0 Å². The summed E-state index contributed by atoms with van der Waals surface area (Å²) in [4.78, 5) is 2.68. The molecule has 0 heterocycles. The van der Waals surface area contributed by atoms with E-state index in [0.29, 0.717) is 0 Å². The van der Waals surface area contributed by atoms with Gasteiger partial charge in [0.05, 0.1) is 7.11 Å². The SMILES string of the molecule is COc1ccc(Br)cc1CN(CCC(C)C)C1CCCC1. The smallest absolute Gasteiger partial charge is 0.123 e. The van der Waals surface area contributed by atoms with Crippen molar-refractivity contribution in [2.24, 2.45) is 5.92 Å². The molecule has 0 N–H and O–H groups in total. The Bertz CT molecular complexity index is 441. The van der Waals surface area contributed by atoms with Gasteiger partial charge in [-0.1, -0.05) is 42.6 Å². The van der Waals surface area contributed by atoms with E-state index in [1.807, 2.05) is 0 Å². The Hall–Kier alpha value is -0.540. The van der Waals surface area contributed by atoms with Gasteiger partial charge in [0.15, 0.2) is 0 Å². The lowest BCUT2D eigenvalue weighted by atomic mass is 10.1. The predicted octanol–water partition coefficient (Wildman–Crippen LogP) is 5.25. The lowest BCUT2D eigenvalue weighted by Crippen LogP contribution is -2.34. The Morgan fingerprint density at radius 3 is 2.62 bits per heavy atom. The standard InChI is InChI=1S/C18H28BrNO/c1-14(2)10-11-20(17-6-4-5-7-17)13-15-12-16(19)8-9-18(15)21-3/h8-9,12,14,17H,4-7,10-11,13H2,1-3H3. The molecule has 0 saturated heterocycles. The molecule has 21 heavy (non-hydrogen) atoms. The molecule has 3 heteroatoms. The van der Waals surface area contributed by atoms with Crippen molar-refractivity contribution in [2.45, 2.75) is 58.5 Å². The minimum Gasteiger partial charge on any atom is -0.496 e. The van der Waals surface area contributed by atoms with E-state index < -0.39 is 0 Å². The number of rotatable bonds is 7. The zero-order valence-electron chi connectivity index (χ0n) is 13.6. The van der Waals surface area contributed by atoms with Crippen LogP contribution < -0.4 is 4.74 Å². The van der Waals surface area contributed by atoms with Gasteiger partial charge in [-0.15, -0.1) is 0 Å². The number of halogens is 1. The van der Waals surface area contributed by atoms with Crippen molar-refractivity contribution in [3.63, 3.8) is 0 Å². The average Bonchev–Trinajstić information content (AvgIpc) is 2.97. The third-order valence-corrected chi connectivity index (χ3v) is 4.94. The second-order valence-electron chi connectivity index (χ2n) is 6.55. The van der Waals surface area contributed by atoms with Crippen LogP contribution in [0.3, 0.4) is 0 Å². The molecule has 1 aliphatic carbocycles. The molecule has 0 bridgehead atoms. The van der Waals surface area contributed by atoms with Crippen LogP contribution in [-0.2, 0) is 6.54 Å². The van der Waals surface area contributed by atoms with Gasteiger partial charge in [-0.2, -0.15) is 0 Å². The van der Waals surface area contributed by atoms with Crippen LogP contribution in [-0.4, -0.2) is 24.6 Å². The van der Waals surface area contributed by atoms with Crippen LogP contribution in [0.5, 0.6) is 5.75 Å². The zero-order valence-corrected chi connectivity index (χ0v) is 15.2. The molecule has 2 rings (SSSR count). The second-order valence-corrected chi connectivity index (χ2v) is 7.46. The summed E-state index contributed by atoms with van der Waals surface area (Å²) in [6.07, 6.45) is 6.76. The molecule has 0 aromatic heterocycles. The van der Waals surface area contributed by atoms with E-state index in [-0.39, 0.29) is 0 Å². The van der Waals surface area contributed by atoms with Gasteiger partial charge in [-0.05, 0) is 49.9 Å². The predicted molar refractivity (Wildman–Crippen MR) is 92.8 cm³/mol. The Balaban J connectivity index is 2.11. The summed E-state index contributed by atoms with van der Waals surface area (Å²) in [5, 5.41) is 0. The van der Waals surface area contributed by atoms with Crippen LogP contribution >= 0.6 is 15.9 Å². The monoisotopic (exact) mass is 353 g/mol. The fourth-order valence-corrected chi connectivity index (χ4v) is 3.58. The summed E-state index contributed by atoms with van der Waals surface area (Å²) < 4.78 is 6.67. The van der Waals surface area contributed by atoms with Gasteiger partial charge in [-0.25, -0.2) is 0 Å². The molecule has 0 radical (unpaired) electrons. The molecule has 0 amide bonds. The molecule has 1 aromatic rings. The fourth-order valence-electron chi connectivity index (χ4n) is 3.17. The fraction of sp³-hybridized carbons (Fsp3) is 0.667. The largest absolute Gasteiger partial charge is 0.496 e. The lowest BCUT2D eigenvalue weighted by molar-refractivity contribution is 0.177. The van der Waals surface area contributed by atoms with Crippen molar-refractivity contribution in [1.29, 1.82) is 0 Å². The van der Waals surface area contributed by atoms with Crippen LogP contribution in [0.25, 0.3) is 0 Å². The molecular formula is C18H28BrNO. The number of nitrogens with zero attached hydrogens (tertiary/aromatic N) is 1. The normalized spacial score (nSPS) is 16.1. The van der Waals surface area contributed by atoms with Crippen molar-refractivity contribution < 1.29 is 4.74 Å². The summed E-state index contributed by atoms with van der Waals surface area (Å²) in [5.74, 6) is 1.77. The van der Waals surface area contributed by atoms with Crippen LogP contribution in [0, 0.1) is 5.92 Å². The van der Waals surface area contributed by atoms with Gasteiger partial charge in [-0.3, -0.25) is 4.90 Å². The van der Waals surface area contributed by atoms with Gasteiger partial charge in [0.25, 0.3) is 0 Å². The third kappa shape index (κ3) is 5.00. The molecule has 1 saturated carbocycles. The van der Waals surface area contributed by atoms with E-state index in [1.54, 1.807) is 7.11 Å². The van der Waals surface area contributed by atoms with Gasteiger partial charge in [0.2, 0.25) is 0 Å². The Kier molecular flexibility index (Phi) is 6.56. The number of benzene rings is 1. The number of hydrogen-bond acceptors (Lipinski definition) is 2. The van der Waals surface area contributed by atoms with Gasteiger partial charge >= 0.3 is 0 Å². The summed E-state index contributed by atoms with van der Waals surface area (Å²) in [6, 6.07) is 7.08. The van der Waals surface area contributed by atoms with Gasteiger partial charge in [0, 0.05) is 22.6 Å². The highest BCUT2D eigenvalue weighted by molar-refractivity contribution is 9.10. The van der Waals surface area contributed by atoms with Crippen molar-refractivity contribution in [3.05, 3.63) is 28.2 Å². The lowest BCUT2D eigenvalue weighted by Gasteiger charge is -2.30. The first-order valence-electron chi connectivity index (χ1n) is 8.16. The van der Waals surface area contributed by atoms with Crippen molar-refractivity contribution >= 4 is 15.9 Å². The highest BCUT2D eigenvalue weighted by Crippen LogP contribution is 2.29. The summed E-state index contributed by atoms with van der Waals surface area (Å²) >= 11 is 3.59. The Morgan fingerprint density at radius 1 is 1.29 bits per heavy atom. The highest BCUT2D eigenvalue weighted by Gasteiger charge is 2.23. The number of methoxy groups -OCH3 is 1. The van der Waals surface area contributed by atoms with Crippen LogP contribution in [0.1, 0.15) is 51.5 Å². The maximum Gasteiger partial charge on any atom is 0.123 e. The quantitative estimate of drug-likeness (QED) is 0.663. The molecule has 0 atom stereocenters. The third-order valence-electron chi connectivity index (χ3n) is 4.45.